The molecule has 3 N–H and O–H groups in total. The molecule has 1 rings (SSSR count). The Kier molecular flexibility index (Phi) is 3.86. The lowest BCUT2D eigenvalue weighted by Gasteiger charge is -2.02. The van der Waals surface area contributed by atoms with Gasteiger partial charge in [-0.25, -0.2) is 4.98 Å². The first kappa shape index (κ1) is 11.2. The van der Waals surface area contributed by atoms with Gasteiger partial charge in [0.1, 0.15) is 11.6 Å². The average molecular weight is 206 g/mol. The third-order valence-electron chi connectivity index (χ3n) is 2.14. The minimum Gasteiger partial charge on any atom is -0.369 e. The van der Waals surface area contributed by atoms with Crippen molar-refractivity contribution in [3.63, 3.8) is 0 Å². The van der Waals surface area contributed by atoms with Crippen molar-refractivity contribution in [2.75, 3.05) is 5.73 Å². The molecule has 0 saturated carbocycles. The predicted molar refractivity (Wildman–Crippen MR) is 57.2 cm³/mol. The first-order chi connectivity index (χ1) is 7.19. The second-order valence-corrected chi connectivity index (χ2v) is 3.34. The fraction of sp³-hybridized carbons (Fsp3) is 0.500. The number of hydrogen-bond acceptors (Lipinski definition) is 4. The lowest BCUT2D eigenvalue weighted by atomic mass is 10.1. The molecule has 5 nitrogen and oxygen atoms in total. The summed E-state index contributed by atoms with van der Waals surface area (Å²) in [7, 11) is 0. The van der Waals surface area contributed by atoms with E-state index in [-0.39, 0.29) is 11.5 Å². The van der Waals surface area contributed by atoms with Gasteiger partial charge in [0.2, 0.25) is 5.95 Å². The van der Waals surface area contributed by atoms with Crippen molar-refractivity contribution >= 4 is 5.95 Å². The van der Waals surface area contributed by atoms with E-state index in [0.29, 0.717) is 12.1 Å². The van der Waals surface area contributed by atoms with E-state index < -0.39 is 5.56 Å². The number of nitrogens with one attached hydrogen (secondary N) is 1. The summed E-state index contributed by atoms with van der Waals surface area (Å²) in [6, 6.07) is 1.86. The first-order valence-electron chi connectivity index (χ1n) is 4.97. The lowest BCUT2D eigenvalue weighted by Crippen LogP contribution is -2.17. The fourth-order valence-electron chi connectivity index (χ4n) is 1.38. The zero-order chi connectivity index (χ0) is 11.3. The Morgan fingerprint density at radius 2 is 2.27 bits per heavy atom. The Morgan fingerprint density at radius 1 is 1.53 bits per heavy atom. The third-order valence-corrected chi connectivity index (χ3v) is 2.14. The molecular weight excluding hydrogens is 192 g/mol. The lowest BCUT2D eigenvalue weighted by molar-refractivity contribution is 0.704. The quantitative estimate of drug-likeness (QED) is 0.717. The molecule has 5 heteroatoms. The molecule has 0 aromatic carbocycles. The SMILES string of the molecule is CCCCCc1nc(N)[nH]c(=O)c1C#N. The fourth-order valence-corrected chi connectivity index (χ4v) is 1.38. The predicted octanol–water partition coefficient (Wildman–Crippen LogP) is 0.956. The van der Waals surface area contributed by atoms with Gasteiger partial charge in [-0.15, -0.1) is 0 Å². The standard InChI is InChI=1S/C10H14N4O/c1-2-3-4-5-8-7(6-11)9(15)14-10(12)13-8/h2-5H2,1H3,(H3,12,13,14,15). The summed E-state index contributed by atoms with van der Waals surface area (Å²) in [6.07, 6.45) is 3.69. The molecule has 0 radical (unpaired) electrons. The highest BCUT2D eigenvalue weighted by molar-refractivity contribution is 5.34. The summed E-state index contributed by atoms with van der Waals surface area (Å²) in [4.78, 5) is 17.6. The van der Waals surface area contributed by atoms with Gasteiger partial charge < -0.3 is 5.73 Å². The van der Waals surface area contributed by atoms with Crippen LogP contribution in [0.5, 0.6) is 0 Å². The molecule has 0 bridgehead atoms. The molecule has 0 aliphatic heterocycles. The molecule has 0 atom stereocenters. The largest absolute Gasteiger partial charge is 0.369 e. The molecule has 0 spiro atoms. The number of H-pyrrole nitrogens is 1. The molecule has 80 valence electrons. The van der Waals surface area contributed by atoms with E-state index in [1.807, 2.05) is 6.07 Å². The zero-order valence-electron chi connectivity index (χ0n) is 8.71. The number of unbranched alkanes of at least 4 members (excludes halogenated alkanes) is 2. The summed E-state index contributed by atoms with van der Waals surface area (Å²) in [5.41, 5.74) is 5.55. The van der Waals surface area contributed by atoms with Crippen LogP contribution >= 0.6 is 0 Å². The van der Waals surface area contributed by atoms with Crippen molar-refractivity contribution in [3.8, 4) is 6.07 Å². The summed E-state index contributed by atoms with van der Waals surface area (Å²) in [6.45, 7) is 2.09. The molecule has 0 fully saturated rings. The number of rotatable bonds is 4. The minimum absolute atomic E-state index is 0.0745. The van der Waals surface area contributed by atoms with E-state index in [2.05, 4.69) is 16.9 Å². The van der Waals surface area contributed by atoms with Crippen molar-refractivity contribution in [3.05, 3.63) is 21.6 Å². The van der Waals surface area contributed by atoms with Gasteiger partial charge in [-0.3, -0.25) is 9.78 Å². The van der Waals surface area contributed by atoms with Crippen LogP contribution in [0, 0.1) is 11.3 Å². The van der Waals surface area contributed by atoms with Gasteiger partial charge in [0.25, 0.3) is 5.56 Å². The molecule has 1 aromatic heterocycles. The van der Waals surface area contributed by atoms with E-state index >= 15 is 0 Å². The highest BCUT2D eigenvalue weighted by atomic mass is 16.1. The van der Waals surface area contributed by atoms with Crippen molar-refractivity contribution in [2.24, 2.45) is 0 Å². The maximum Gasteiger partial charge on any atom is 0.270 e. The highest BCUT2D eigenvalue weighted by Gasteiger charge is 2.09. The molecule has 0 saturated heterocycles. The maximum absolute atomic E-state index is 11.3. The number of aryl methyl sites for hydroxylation is 1. The number of aromatic nitrogens is 2. The van der Waals surface area contributed by atoms with Crippen molar-refractivity contribution in [1.82, 2.24) is 9.97 Å². The van der Waals surface area contributed by atoms with Crippen molar-refractivity contribution in [2.45, 2.75) is 32.6 Å². The van der Waals surface area contributed by atoms with E-state index in [1.54, 1.807) is 0 Å². The van der Waals surface area contributed by atoms with Crippen LogP contribution in [-0.2, 0) is 6.42 Å². The first-order valence-corrected chi connectivity index (χ1v) is 4.97. The Morgan fingerprint density at radius 3 is 2.87 bits per heavy atom. The molecule has 0 aliphatic rings. The molecule has 1 aromatic rings. The van der Waals surface area contributed by atoms with Gasteiger partial charge in [0, 0.05) is 0 Å². The molecule has 1 heterocycles. The number of nitrogen functional groups attached to an aromatic ring is 1. The number of hydrogen-bond donors (Lipinski definition) is 2. The Labute approximate surface area is 88.0 Å². The number of nitrogens with two attached hydrogens (primary N) is 1. The third kappa shape index (κ3) is 2.81. The molecule has 0 amide bonds. The van der Waals surface area contributed by atoms with Gasteiger partial charge in [0.05, 0.1) is 5.69 Å². The Balaban J connectivity index is 2.95. The van der Waals surface area contributed by atoms with Gasteiger partial charge in [0.15, 0.2) is 0 Å². The topological polar surface area (TPSA) is 95.6 Å². The van der Waals surface area contributed by atoms with E-state index in [1.165, 1.54) is 0 Å². The average Bonchev–Trinajstić information content (AvgIpc) is 2.17. The van der Waals surface area contributed by atoms with E-state index in [4.69, 9.17) is 11.0 Å². The van der Waals surface area contributed by atoms with Crippen molar-refractivity contribution in [1.29, 1.82) is 5.26 Å². The van der Waals surface area contributed by atoms with E-state index in [0.717, 1.165) is 19.3 Å². The van der Waals surface area contributed by atoms with Crippen LogP contribution in [0.2, 0.25) is 0 Å². The van der Waals surface area contributed by atoms with Crippen LogP contribution in [-0.4, -0.2) is 9.97 Å². The molecular formula is C10H14N4O. The smallest absolute Gasteiger partial charge is 0.270 e. The summed E-state index contributed by atoms with van der Waals surface area (Å²) >= 11 is 0. The van der Waals surface area contributed by atoms with Crippen LogP contribution in [0.3, 0.4) is 0 Å². The van der Waals surface area contributed by atoms with Gasteiger partial charge in [-0.1, -0.05) is 19.8 Å². The van der Waals surface area contributed by atoms with Crippen LogP contribution < -0.4 is 11.3 Å². The van der Waals surface area contributed by atoms with E-state index in [9.17, 15) is 4.79 Å². The van der Waals surface area contributed by atoms with Gasteiger partial charge >= 0.3 is 0 Å². The Hall–Kier alpha value is -1.83. The molecule has 0 aliphatic carbocycles. The Bertz CT molecular complexity index is 430. The molecule has 0 unspecified atom stereocenters. The second kappa shape index (κ2) is 5.15. The maximum atomic E-state index is 11.3. The van der Waals surface area contributed by atoms with Crippen LogP contribution in [0.25, 0.3) is 0 Å². The van der Waals surface area contributed by atoms with Crippen LogP contribution in [0.4, 0.5) is 5.95 Å². The highest BCUT2D eigenvalue weighted by Crippen LogP contribution is 2.06. The van der Waals surface area contributed by atoms with Crippen molar-refractivity contribution < 1.29 is 0 Å². The van der Waals surface area contributed by atoms with Crippen LogP contribution in [0.1, 0.15) is 37.4 Å². The number of nitrogens with zero attached hydrogens (tertiary/aromatic N) is 2. The number of anilines is 1. The van der Waals surface area contributed by atoms with Crippen LogP contribution in [0.15, 0.2) is 4.79 Å². The minimum atomic E-state index is -0.448. The number of aromatic amines is 1. The number of nitriles is 1. The zero-order valence-corrected chi connectivity index (χ0v) is 8.71. The van der Waals surface area contributed by atoms with Gasteiger partial charge in [-0.2, -0.15) is 5.26 Å². The summed E-state index contributed by atoms with van der Waals surface area (Å²) in [5.74, 6) is 0.0745. The monoisotopic (exact) mass is 206 g/mol. The summed E-state index contributed by atoms with van der Waals surface area (Å²) in [5, 5.41) is 8.80. The molecule has 15 heavy (non-hydrogen) atoms. The summed E-state index contributed by atoms with van der Waals surface area (Å²) < 4.78 is 0. The second-order valence-electron chi connectivity index (χ2n) is 3.34. The van der Waals surface area contributed by atoms with Gasteiger partial charge in [-0.05, 0) is 12.8 Å². The normalized spacial score (nSPS) is 9.87.